The Kier molecular flexibility index (Phi) is 4.98. The van der Waals surface area contributed by atoms with Crippen LogP contribution in [0.4, 0.5) is 5.69 Å². The Labute approximate surface area is 172 Å². The minimum atomic E-state index is -0.265. The molecule has 1 N–H and O–H groups in total. The van der Waals surface area contributed by atoms with Gasteiger partial charge in [-0.25, -0.2) is 9.67 Å². The number of anilines is 1. The molecule has 0 saturated heterocycles. The third kappa shape index (κ3) is 3.69. The van der Waals surface area contributed by atoms with Crippen LogP contribution in [0.25, 0.3) is 21.6 Å². The van der Waals surface area contributed by atoms with Crippen molar-refractivity contribution in [1.82, 2.24) is 14.8 Å². The zero-order valence-electron chi connectivity index (χ0n) is 16.3. The topological polar surface area (TPSA) is 76.9 Å². The van der Waals surface area contributed by atoms with Crippen molar-refractivity contribution in [3.63, 3.8) is 0 Å². The van der Waals surface area contributed by atoms with Crippen LogP contribution in [0.15, 0.2) is 54.0 Å². The number of hydrogen-bond acceptors (Lipinski definition) is 5. The lowest BCUT2D eigenvalue weighted by Gasteiger charge is -2.11. The van der Waals surface area contributed by atoms with Crippen LogP contribution < -0.4 is 5.32 Å². The summed E-state index contributed by atoms with van der Waals surface area (Å²) in [5.41, 5.74) is 3.03. The van der Waals surface area contributed by atoms with Crippen molar-refractivity contribution in [2.24, 2.45) is 0 Å². The fourth-order valence-corrected chi connectivity index (χ4v) is 3.83. The minimum Gasteiger partial charge on any atom is -0.322 e. The Hall–Kier alpha value is -3.32. The molecule has 4 aromatic rings. The number of ketones is 1. The maximum Gasteiger partial charge on any atom is 0.256 e. The van der Waals surface area contributed by atoms with E-state index in [0.29, 0.717) is 27.8 Å². The van der Waals surface area contributed by atoms with E-state index >= 15 is 0 Å². The quantitative estimate of drug-likeness (QED) is 0.464. The molecule has 4 rings (SSSR count). The van der Waals surface area contributed by atoms with Crippen LogP contribution in [0.5, 0.6) is 0 Å². The molecular weight excluding hydrogens is 384 g/mol. The molecular formula is C22H20N4O2S. The monoisotopic (exact) mass is 404 g/mol. The Balaban J connectivity index is 1.80. The van der Waals surface area contributed by atoms with Gasteiger partial charge in [-0.3, -0.25) is 9.59 Å². The Bertz CT molecular complexity index is 1210. The van der Waals surface area contributed by atoms with Crippen LogP contribution in [0, 0.1) is 0 Å². The van der Waals surface area contributed by atoms with Gasteiger partial charge in [0.25, 0.3) is 5.91 Å². The normalized spacial score (nSPS) is 11.2. The average Bonchev–Trinajstić information content (AvgIpc) is 3.37. The van der Waals surface area contributed by atoms with E-state index in [2.05, 4.69) is 10.4 Å². The Morgan fingerprint density at radius 2 is 1.97 bits per heavy atom. The van der Waals surface area contributed by atoms with Gasteiger partial charge >= 0.3 is 0 Å². The molecule has 0 atom stereocenters. The van der Waals surface area contributed by atoms with Gasteiger partial charge in [-0.15, -0.1) is 11.3 Å². The first-order valence-electron chi connectivity index (χ1n) is 9.28. The van der Waals surface area contributed by atoms with E-state index in [0.717, 1.165) is 10.6 Å². The third-order valence-electron chi connectivity index (χ3n) is 4.60. The lowest BCUT2D eigenvalue weighted by Crippen LogP contribution is -2.13. The second-order valence-corrected chi connectivity index (χ2v) is 7.99. The fraction of sp³-hybridized carbons (Fsp3) is 0.182. The van der Waals surface area contributed by atoms with E-state index < -0.39 is 0 Å². The van der Waals surface area contributed by atoms with E-state index in [1.54, 1.807) is 47.9 Å². The van der Waals surface area contributed by atoms with Crippen molar-refractivity contribution in [3.8, 4) is 10.6 Å². The molecule has 146 valence electrons. The highest BCUT2D eigenvalue weighted by molar-refractivity contribution is 7.13. The van der Waals surface area contributed by atoms with Crippen LogP contribution in [-0.2, 0) is 0 Å². The predicted octanol–water partition coefficient (Wildman–Crippen LogP) is 5.20. The molecule has 0 radical (unpaired) electrons. The molecule has 0 bridgehead atoms. The molecule has 3 heterocycles. The van der Waals surface area contributed by atoms with Crippen LogP contribution in [0.1, 0.15) is 47.5 Å². The lowest BCUT2D eigenvalue weighted by molar-refractivity contribution is 0.101. The molecule has 29 heavy (non-hydrogen) atoms. The first-order chi connectivity index (χ1) is 13.9. The van der Waals surface area contributed by atoms with Crippen molar-refractivity contribution in [3.05, 3.63) is 65.2 Å². The van der Waals surface area contributed by atoms with E-state index in [-0.39, 0.29) is 17.7 Å². The number of Topliss-reactive ketones (excluding diaryl/α,β-unsaturated/α-hetero) is 1. The summed E-state index contributed by atoms with van der Waals surface area (Å²) in [7, 11) is 0. The van der Waals surface area contributed by atoms with Crippen LogP contribution >= 0.6 is 11.3 Å². The Morgan fingerprint density at radius 1 is 1.14 bits per heavy atom. The standard InChI is InChI=1S/C22H20N4O2S/c1-13(2)26-21-18(12-23-26)17(11-19(25-21)20-8-5-9-29-20)22(28)24-16-7-4-6-15(10-16)14(3)27/h4-13H,1-3H3,(H,24,28). The van der Waals surface area contributed by atoms with Gasteiger partial charge in [0.1, 0.15) is 0 Å². The summed E-state index contributed by atoms with van der Waals surface area (Å²) in [6.07, 6.45) is 1.68. The molecule has 7 heteroatoms. The first kappa shape index (κ1) is 19.0. The number of nitrogens with one attached hydrogen (secondary N) is 1. The van der Waals surface area contributed by atoms with Gasteiger partial charge < -0.3 is 5.32 Å². The Morgan fingerprint density at radius 3 is 2.66 bits per heavy atom. The van der Waals surface area contributed by atoms with E-state index in [4.69, 9.17) is 4.98 Å². The maximum atomic E-state index is 13.2. The summed E-state index contributed by atoms with van der Waals surface area (Å²) in [4.78, 5) is 30.5. The molecule has 1 aromatic carbocycles. The number of benzene rings is 1. The highest BCUT2D eigenvalue weighted by Crippen LogP contribution is 2.29. The number of rotatable bonds is 5. The average molecular weight is 404 g/mol. The van der Waals surface area contributed by atoms with Crippen LogP contribution in [0.3, 0.4) is 0 Å². The van der Waals surface area contributed by atoms with Gasteiger partial charge in [0.05, 0.1) is 27.7 Å². The SMILES string of the molecule is CC(=O)c1cccc(NC(=O)c2cc(-c3cccs3)nc3c2cnn3C(C)C)c1. The molecule has 0 aliphatic heterocycles. The molecule has 3 aromatic heterocycles. The van der Waals surface area contributed by atoms with E-state index in [1.165, 1.54) is 6.92 Å². The second kappa shape index (κ2) is 7.60. The largest absolute Gasteiger partial charge is 0.322 e. The summed E-state index contributed by atoms with van der Waals surface area (Å²) >= 11 is 1.57. The summed E-state index contributed by atoms with van der Waals surface area (Å²) in [6.45, 7) is 5.55. The summed E-state index contributed by atoms with van der Waals surface area (Å²) in [6, 6.07) is 12.8. The van der Waals surface area contributed by atoms with Crippen molar-refractivity contribution < 1.29 is 9.59 Å². The van der Waals surface area contributed by atoms with Crippen molar-refractivity contribution in [2.75, 3.05) is 5.32 Å². The van der Waals surface area contributed by atoms with E-state index in [9.17, 15) is 9.59 Å². The van der Waals surface area contributed by atoms with Crippen molar-refractivity contribution in [1.29, 1.82) is 0 Å². The highest BCUT2D eigenvalue weighted by atomic mass is 32.1. The number of amides is 1. The molecule has 1 amide bonds. The highest BCUT2D eigenvalue weighted by Gasteiger charge is 2.19. The molecule has 0 spiro atoms. The molecule has 0 unspecified atom stereocenters. The zero-order chi connectivity index (χ0) is 20.5. The summed E-state index contributed by atoms with van der Waals surface area (Å²) in [5, 5.41) is 10.0. The molecule has 0 aliphatic carbocycles. The number of aromatic nitrogens is 3. The number of carbonyl (C=O) groups is 2. The van der Waals surface area contributed by atoms with Crippen LogP contribution in [0.2, 0.25) is 0 Å². The molecule has 0 aliphatic rings. The zero-order valence-corrected chi connectivity index (χ0v) is 17.2. The predicted molar refractivity (Wildman–Crippen MR) is 116 cm³/mol. The van der Waals surface area contributed by atoms with E-state index in [1.807, 2.05) is 36.0 Å². The number of nitrogens with zero attached hydrogens (tertiary/aromatic N) is 3. The lowest BCUT2D eigenvalue weighted by atomic mass is 10.1. The molecule has 0 fully saturated rings. The number of fused-ring (bicyclic) bond motifs is 1. The van der Waals surface area contributed by atoms with Crippen LogP contribution in [-0.4, -0.2) is 26.5 Å². The molecule has 0 saturated carbocycles. The second-order valence-electron chi connectivity index (χ2n) is 7.04. The summed E-state index contributed by atoms with van der Waals surface area (Å²) in [5.74, 6) is -0.315. The third-order valence-corrected chi connectivity index (χ3v) is 5.49. The van der Waals surface area contributed by atoms with Gasteiger partial charge in [-0.05, 0) is 50.4 Å². The number of pyridine rings is 1. The van der Waals surface area contributed by atoms with Crippen molar-refractivity contribution in [2.45, 2.75) is 26.8 Å². The maximum absolute atomic E-state index is 13.2. The first-order valence-corrected chi connectivity index (χ1v) is 10.2. The van der Waals surface area contributed by atoms with Gasteiger partial charge in [0, 0.05) is 17.3 Å². The molecule has 6 nitrogen and oxygen atoms in total. The number of hydrogen-bond donors (Lipinski definition) is 1. The van der Waals surface area contributed by atoms with Gasteiger partial charge in [0.2, 0.25) is 0 Å². The fourth-order valence-electron chi connectivity index (χ4n) is 3.15. The smallest absolute Gasteiger partial charge is 0.256 e. The van der Waals surface area contributed by atoms with Gasteiger partial charge in [-0.2, -0.15) is 5.10 Å². The van der Waals surface area contributed by atoms with Gasteiger partial charge in [-0.1, -0.05) is 18.2 Å². The summed E-state index contributed by atoms with van der Waals surface area (Å²) < 4.78 is 1.82. The number of thiophene rings is 1. The number of carbonyl (C=O) groups excluding carboxylic acids is 2. The minimum absolute atomic E-state index is 0.0504. The van der Waals surface area contributed by atoms with Crippen molar-refractivity contribution >= 4 is 39.7 Å². The van der Waals surface area contributed by atoms with Gasteiger partial charge in [0.15, 0.2) is 11.4 Å².